The van der Waals surface area contributed by atoms with Crippen molar-refractivity contribution in [1.82, 2.24) is 21.3 Å². The Kier molecular flexibility index (Phi) is 13.2. The largest absolute Gasteiger partial charge is 0.480 e. The van der Waals surface area contributed by atoms with Gasteiger partial charge in [-0.25, -0.2) is 0 Å². The second-order valence-corrected chi connectivity index (χ2v) is 9.91. The lowest BCUT2D eigenvalue weighted by Gasteiger charge is -2.24. The summed E-state index contributed by atoms with van der Waals surface area (Å²) in [6, 6.07) is -2.89. The summed E-state index contributed by atoms with van der Waals surface area (Å²) in [5.74, 6) is -6.27. The molecule has 0 fully saturated rings. The van der Waals surface area contributed by atoms with Crippen molar-refractivity contribution in [3.8, 4) is 0 Å². The Bertz CT molecular complexity index is 876. The maximum Gasteiger partial charge on any atom is 0.322 e. The molecule has 0 bridgehead atoms. The van der Waals surface area contributed by atoms with E-state index < -0.39 is 97.3 Å². The van der Waals surface area contributed by atoms with Crippen molar-refractivity contribution >= 4 is 41.5 Å². The number of carboxylic acid groups (broad SMARTS) is 1. The smallest absolute Gasteiger partial charge is 0.322 e. The van der Waals surface area contributed by atoms with Gasteiger partial charge in [-0.1, -0.05) is 0 Å². The number of nitrogens with two attached hydrogens (primary N) is 1. The van der Waals surface area contributed by atoms with Gasteiger partial charge in [0, 0.05) is 0 Å². The van der Waals surface area contributed by atoms with Crippen LogP contribution in [0.4, 0.5) is 0 Å². The summed E-state index contributed by atoms with van der Waals surface area (Å²) < 4.78 is 10.3. The highest BCUT2D eigenvalue weighted by atomic mass is 16.6. The van der Waals surface area contributed by atoms with Gasteiger partial charge in [0.05, 0.1) is 32.0 Å². The predicted molar refractivity (Wildman–Crippen MR) is 127 cm³/mol. The van der Waals surface area contributed by atoms with Crippen LogP contribution in [0.2, 0.25) is 0 Å². The van der Waals surface area contributed by atoms with Crippen LogP contribution >= 0.6 is 0 Å². The quantitative estimate of drug-likeness (QED) is 0.138. The maximum atomic E-state index is 12.6. The number of hydrogen-bond donors (Lipinski definition) is 6. The van der Waals surface area contributed by atoms with Crippen molar-refractivity contribution in [2.24, 2.45) is 5.73 Å². The molecule has 4 amide bonds. The first kappa shape index (κ1) is 33.2. The molecule has 0 aliphatic rings. The topological polar surface area (TPSA) is 232 Å². The van der Waals surface area contributed by atoms with Crippen LogP contribution in [0, 0.1) is 0 Å². The molecule has 0 saturated carbocycles. The number of aliphatic carboxylic acids is 1. The molecule has 0 aliphatic carbocycles. The van der Waals surface area contributed by atoms with Gasteiger partial charge >= 0.3 is 17.9 Å². The number of carbonyl (C=O) groups excluding carboxylic acids is 6. The van der Waals surface area contributed by atoms with Crippen LogP contribution in [0.1, 0.15) is 54.4 Å². The maximum absolute atomic E-state index is 12.6. The lowest BCUT2D eigenvalue weighted by atomic mass is 10.1. The van der Waals surface area contributed by atoms with Gasteiger partial charge in [-0.05, 0) is 41.5 Å². The van der Waals surface area contributed by atoms with Crippen LogP contribution in [0.25, 0.3) is 0 Å². The normalized spacial score (nSPS) is 12.8. The van der Waals surface area contributed by atoms with E-state index in [1.165, 1.54) is 0 Å². The number of hydrogen-bond acceptors (Lipinski definition) is 10. The van der Waals surface area contributed by atoms with Crippen LogP contribution in [-0.4, -0.2) is 89.6 Å². The van der Waals surface area contributed by atoms with Gasteiger partial charge in [0.15, 0.2) is 0 Å². The summed E-state index contributed by atoms with van der Waals surface area (Å²) in [7, 11) is 0. The molecule has 0 aromatic carbocycles. The van der Waals surface area contributed by atoms with Gasteiger partial charge in [0.25, 0.3) is 0 Å². The first-order valence-electron chi connectivity index (χ1n) is 11.3. The van der Waals surface area contributed by atoms with Gasteiger partial charge in [-0.2, -0.15) is 0 Å². The van der Waals surface area contributed by atoms with Crippen molar-refractivity contribution < 1.29 is 48.1 Å². The zero-order valence-electron chi connectivity index (χ0n) is 21.9. The summed E-state index contributed by atoms with van der Waals surface area (Å²) in [4.78, 5) is 83.1. The number of ether oxygens (including phenoxy) is 2. The predicted octanol–water partition coefficient (Wildman–Crippen LogP) is -2.30. The average molecular weight is 532 g/mol. The lowest BCUT2D eigenvalue weighted by Crippen LogP contribution is -2.54. The molecule has 0 spiro atoms. The van der Waals surface area contributed by atoms with E-state index in [2.05, 4.69) is 16.0 Å². The van der Waals surface area contributed by atoms with Crippen molar-refractivity contribution in [3.63, 3.8) is 0 Å². The molecule has 15 heteroatoms. The van der Waals surface area contributed by atoms with E-state index >= 15 is 0 Å². The molecule has 2 atom stereocenters. The number of carboxylic acids is 1. The summed E-state index contributed by atoms with van der Waals surface area (Å²) in [6.07, 6.45) is -1.09. The monoisotopic (exact) mass is 531 g/mol. The molecule has 0 aromatic heterocycles. The molecule has 0 heterocycles. The Hall–Kier alpha value is -3.75. The Morgan fingerprint density at radius 1 is 0.703 bits per heavy atom. The van der Waals surface area contributed by atoms with E-state index in [1.54, 1.807) is 41.5 Å². The Balaban J connectivity index is 5.12. The summed E-state index contributed by atoms with van der Waals surface area (Å²) >= 11 is 0. The van der Waals surface area contributed by atoms with E-state index in [0.29, 0.717) is 0 Å². The minimum absolute atomic E-state index is 0.490. The van der Waals surface area contributed by atoms with Gasteiger partial charge in [0.1, 0.15) is 23.8 Å². The summed E-state index contributed by atoms with van der Waals surface area (Å²) in [6.45, 7) is 7.91. The van der Waals surface area contributed by atoms with E-state index in [0.717, 1.165) is 0 Å². The Morgan fingerprint density at radius 2 is 1.14 bits per heavy atom. The molecule has 0 aromatic rings. The molecular formula is C22H37N5O10. The standard InChI is InChI=1S/C22H37N5O10/c1-21(2,3)36-17(32)7-12(23)19(34)27-13(8-18(33)37-22(4,5)6)20(35)26-10-15(29)24-9-14(28)25-11-16(30)31/h12-13H,7-11,23H2,1-6H3,(H,24,29)(H,25,28)(H,26,35)(H,27,34)(H,30,31)/t12-,13-/m1/s1. The number of rotatable bonds is 13. The fourth-order valence-electron chi connectivity index (χ4n) is 2.46. The first-order chi connectivity index (χ1) is 16.8. The molecule has 0 unspecified atom stereocenters. The van der Waals surface area contributed by atoms with Gasteiger partial charge in [-0.3, -0.25) is 33.6 Å². The van der Waals surface area contributed by atoms with Gasteiger partial charge in [-0.15, -0.1) is 0 Å². The van der Waals surface area contributed by atoms with Crippen molar-refractivity contribution in [3.05, 3.63) is 0 Å². The second kappa shape index (κ2) is 14.7. The third-order valence-corrected chi connectivity index (χ3v) is 3.87. The zero-order valence-corrected chi connectivity index (χ0v) is 21.9. The van der Waals surface area contributed by atoms with Crippen molar-refractivity contribution in [2.75, 3.05) is 19.6 Å². The molecule has 7 N–H and O–H groups in total. The molecule has 210 valence electrons. The van der Waals surface area contributed by atoms with Crippen molar-refractivity contribution in [2.45, 2.75) is 77.7 Å². The second-order valence-electron chi connectivity index (χ2n) is 9.91. The van der Waals surface area contributed by atoms with E-state index in [-0.39, 0.29) is 0 Å². The highest BCUT2D eigenvalue weighted by molar-refractivity contribution is 5.95. The van der Waals surface area contributed by atoms with E-state index in [9.17, 15) is 33.6 Å². The SMILES string of the molecule is CC(C)(C)OC(=O)C[C@@H](N)C(=O)N[C@H](CC(=O)OC(C)(C)C)C(=O)NCC(=O)NCC(=O)NCC(=O)O. The average Bonchev–Trinajstić information content (AvgIpc) is 2.70. The third-order valence-electron chi connectivity index (χ3n) is 3.87. The lowest BCUT2D eigenvalue weighted by molar-refractivity contribution is -0.158. The third kappa shape index (κ3) is 17.3. The van der Waals surface area contributed by atoms with Crippen LogP contribution in [0.3, 0.4) is 0 Å². The van der Waals surface area contributed by atoms with Crippen LogP contribution in [0.5, 0.6) is 0 Å². The van der Waals surface area contributed by atoms with E-state index in [4.69, 9.17) is 20.3 Å². The van der Waals surface area contributed by atoms with E-state index in [1.807, 2.05) is 5.32 Å². The molecule has 0 saturated heterocycles. The minimum atomic E-state index is -1.50. The van der Waals surface area contributed by atoms with Crippen LogP contribution < -0.4 is 27.0 Å². The number of amides is 4. The molecule has 0 radical (unpaired) electrons. The fraction of sp³-hybridized carbons (Fsp3) is 0.682. The van der Waals surface area contributed by atoms with Gasteiger partial charge in [0.2, 0.25) is 23.6 Å². The molecule has 15 nitrogen and oxygen atoms in total. The Morgan fingerprint density at radius 3 is 1.59 bits per heavy atom. The molecule has 0 rings (SSSR count). The van der Waals surface area contributed by atoms with Crippen LogP contribution in [-0.2, 0) is 43.0 Å². The number of esters is 2. The highest BCUT2D eigenvalue weighted by Gasteiger charge is 2.30. The summed E-state index contributed by atoms with van der Waals surface area (Å²) in [5, 5.41) is 17.2. The molecular weight excluding hydrogens is 494 g/mol. The first-order valence-corrected chi connectivity index (χ1v) is 11.3. The fourth-order valence-corrected chi connectivity index (χ4v) is 2.46. The number of nitrogens with one attached hydrogen (secondary N) is 4. The zero-order chi connectivity index (χ0) is 29.0. The van der Waals surface area contributed by atoms with Gasteiger partial charge < -0.3 is 41.6 Å². The van der Waals surface area contributed by atoms with Crippen molar-refractivity contribution in [1.29, 1.82) is 0 Å². The Labute approximate surface area is 214 Å². The molecule has 0 aliphatic heterocycles. The summed E-state index contributed by atoms with van der Waals surface area (Å²) in [5.41, 5.74) is 4.07. The minimum Gasteiger partial charge on any atom is -0.480 e. The molecule has 37 heavy (non-hydrogen) atoms. The number of carbonyl (C=O) groups is 7. The highest BCUT2D eigenvalue weighted by Crippen LogP contribution is 2.11. The van der Waals surface area contributed by atoms with Crippen LogP contribution in [0.15, 0.2) is 0 Å².